The van der Waals surface area contributed by atoms with Gasteiger partial charge in [-0.15, -0.1) is 10.2 Å². The minimum atomic E-state index is -3.91. The summed E-state index contributed by atoms with van der Waals surface area (Å²) in [4.78, 5) is 0. The van der Waals surface area contributed by atoms with Gasteiger partial charge in [0.15, 0.2) is 0 Å². The third-order valence-corrected chi connectivity index (χ3v) is 5.45. The first kappa shape index (κ1) is 16.7. The zero-order valence-electron chi connectivity index (χ0n) is 12.7. The summed E-state index contributed by atoms with van der Waals surface area (Å²) >= 11 is 0. The van der Waals surface area contributed by atoms with Gasteiger partial charge in [-0.3, -0.25) is 4.57 Å². The predicted octanol–water partition coefficient (Wildman–Crippen LogP) is 2.54. The molecular formula is C13H22ClN3O3S. The number of hydrogen-bond acceptors (Lipinski definition) is 5. The zero-order valence-corrected chi connectivity index (χ0v) is 14.2. The summed E-state index contributed by atoms with van der Waals surface area (Å²) in [7, 11) is 3.13. The van der Waals surface area contributed by atoms with E-state index in [0.717, 1.165) is 19.3 Å². The molecule has 1 aliphatic rings. The molecular weight excluding hydrogens is 314 g/mol. The fraction of sp³-hybridized carbons (Fsp3) is 0.846. The monoisotopic (exact) mass is 335 g/mol. The van der Waals surface area contributed by atoms with Crippen LogP contribution in [-0.4, -0.2) is 36.9 Å². The minimum Gasteiger partial charge on any atom is -0.383 e. The molecule has 0 bridgehead atoms. The van der Waals surface area contributed by atoms with Crippen LogP contribution in [0.5, 0.6) is 0 Å². The molecule has 1 aromatic heterocycles. The van der Waals surface area contributed by atoms with E-state index in [4.69, 9.17) is 15.4 Å². The van der Waals surface area contributed by atoms with Crippen LogP contribution in [0.3, 0.4) is 0 Å². The van der Waals surface area contributed by atoms with E-state index >= 15 is 0 Å². The van der Waals surface area contributed by atoms with Gasteiger partial charge in [-0.25, -0.2) is 8.42 Å². The highest BCUT2D eigenvalue weighted by atomic mass is 35.7. The summed E-state index contributed by atoms with van der Waals surface area (Å²) in [6, 6.07) is 0. The number of halogens is 1. The van der Waals surface area contributed by atoms with Crippen molar-refractivity contribution in [3.63, 3.8) is 0 Å². The SMILES string of the molecule is COCCn1c(C2CCCCC2(C)C)nnc1S(=O)(=O)Cl. The Bertz CT molecular complexity index is 598. The Kier molecular flexibility index (Phi) is 4.95. The highest BCUT2D eigenvalue weighted by molar-refractivity contribution is 8.13. The third kappa shape index (κ3) is 3.57. The van der Waals surface area contributed by atoms with Gasteiger partial charge in [0.2, 0.25) is 0 Å². The maximum atomic E-state index is 11.7. The number of rotatable bonds is 5. The topological polar surface area (TPSA) is 74.1 Å². The lowest BCUT2D eigenvalue weighted by Gasteiger charge is -2.38. The summed E-state index contributed by atoms with van der Waals surface area (Å²) < 4.78 is 30.0. The molecule has 1 atom stereocenters. The molecule has 21 heavy (non-hydrogen) atoms. The standard InChI is InChI=1S/C13H22ClN3O3S/c1-13(2)7-5-4-6-10(13)11-15-16-12(21(14,18)19)17(11)8-9-20-3/h10H,4-9H2,1-3H3. The molecule has 0 amide bonds. The molecule has 1 unspecified atom stereocenters. The molecule has 0 radical (unpaired) electrons. The van der Waals surface area contributed by atoms with Crippen LogP contribution in [0.4, 0.5) is 0 Å². The van der Waals surface area contributed by atoms with Crippen LogP contribution >= 0.6 is 10.7 Å². The van der Waals surface area contributed by atoms with Crippen LogP contribution < -0.4 is 0 Å². The van der Waals surface area contributed by atoms with Crippen molar-refractivity contribution in [1.82, 2.24) is 14.8 Å². The molecule has 0 saturated heterocycles. The lowest BCUT2D eigenvalue weighted by atomic mass is 9.68. The lowest BCUT2D eigenvalue weighted by Crippen LogP contribution is -2.29. The molecule has 1 fully saturated rings. The van der Waals surface area contributed by atoms with Crippen LogP contribution in [-0.2, 0) is 20.3 Å². The number of methoxy groups -OCH3 is 1. The van der Waals surface area contributed by atoms with Gasteiger partial charge in [0.25, 0.3) is 14.2 Å². The summed E-state index contributed by atoms with van der Waals surface area (Å²) in [5.74, 6) is 0.888. The van der Waals surface area contributed by atoms with Gasteiger partial charge >= 0.3 is 0 Å². The van der Waals surface area contributed by atoms with Gasteiger partial charge in [0.1, 0.15) is 5.82 Å². The molecule has 1 saturated carbocycles. The normalized spacial score (nSPS) is 22.4. The Balaban J connectivity index is 2.45. The average Bonchev–Trinajstić information content (AvgIpc) is 2.79. The van der Waals surface area contributed by atoms with Crippen molar-refractivity contribution in [1.29, 1.82) is 0 Å². The first-order chi connectivity index (χ1) is 9.77. The van der Waals surface area contributed by atoms with Crippen LogP contribution in [0.2, 0.25) is 0 Å². The summed E-state index contributed by atoms with van der Waals surface area (Å²) in [5.41, 5.74) is 0.0729. The van der Waals surface area contributed by atoms with Gasteiger partial charge in [0, 0.05) is 30.3 Å². The number of aromatic nitrogens is 3. The van der Waals surface area contributed by atoms with Gasteiger partial charge in [-0.1, -0.05) is 26.7 Å². The maximum absolute atomic E-state index is 11.7. The molecule has 0 N–H and O–H groups in total. The maximum Gasteiger partial charge on any atom is 0.296 e. The number of hydrogen-bond donors (Lipinski definition) is 0. The second kappa shape index (κ2) is 6.22. The predicted molar refractivity (Wildman–Crippen MR) is 79.9 cm³/mol. The van der Waals surface area contributed by atoms with Crippen molar-refractivity contribution in [3.8, 4) is 0 Å². The van der Waals surface area contributed by atoms with E-state index in [-0.39, 0.29) is 16.5 Å². The minimum absolute atomic E-state index is 0.0729. The smallest absolute Gasteiger partial charge is 0.296 e. The van der Waals surface area contributed by atoms with E-state index in [9.17, 15) is 8.42 Å². The highest BCUT2D eigenvalue weighted by Gasteiger charge is 2.38. The van der Waals surface area contributed by atoms with Crippen molar-refractivity contribution in [2.24, 2.45) is 5.41 Å². The molecule has 120 valence electrons. The summed E-state index contributed by atoms with van der Waals surface area (Å²) in [6.07, 6.45) is 4.39. The quantitative estimate of drug-likeness (QED) is 0.773. The molecule has 1 aliphatic carbocycles. The van der Waals surface area contributed by atoms with Crippen molar-refractivity contribution < 1.29 is 13.2 Å². The Labute approximate surface area is 130 Å². The van der Waals surface area contributed by atoms with Crippen LogP contribution in [0.25, 0.3) is 0 Å². The molecule has 0 aromatic carbocycles. The van der Waals surface area contributed by atoms with E-state index in [0.29, 0.717) is 19.0 Å². The molecule has 0 spiro atoms. The summed E-state index contributed by atoms with van der Waals surface area (Å²) in [6.45, 7) is 5.16. The second-order valence-corrected chi connectivity index (χ2v) is 8.67. The van der Waals surface area contributed by atoms with E-state index in [1.165, 1.54) is 6.42 Å². The second-order valence-electron chi connectivity index (χ2n) is 6.21. The Morgan fingerprint density at radius 2 is 2.10 bits per heavy atom. The van der Waals surface area contributed by atoms with Crippen molar-refractivity contribution in [3.05, 3.63) is 5.82 Å². The summed E-state index contributed by atoms with van der Waals surface area (Å²) in [5, 5.41) is 7.78. The van der Waals surface area contributed by atoms with Crippen LogP contribution in [0, 0.1) is 5.41 Å². The third-order valence-electron chi connectivity index (χ3n) is 4.30. The Morgan fingerprint density at radius 3 is 2.67 bits per heavy atom. The highest BCUT2D eigenvalue weighted by Crippen LogP contribution is 2.46. The first-order valence-corrected chi connectivity index (χ1v) is 9.45. The van der Waals surface area contributed by atoms with Gasteiger partial charge in [0.05, 0.1) is 6.61 Å². The molecule has 8 heteroatoms. The first-order valence-electron chi connectivity index (χ1n) is 7.14. The Morgan fingerprint density at radius 1 is 1.38 bits per heavy atom. The van der Waals surface area contributed by atoms with Crippen molar-refractivity contribution in [2.75, 3.05) is 13.7 Å². The van der Waals surface area contributed by atoms with Crippen LogP contribution in [0.1, 0.15) is 51.3 Å². The molecule has 1 heterocycles. The largest absolute Gasteiger partial charge is 0.383 e. The van der Waals surface area contributed by atoms with E-state index in [1.54, 1.807) is 11.7 Å². The van der Waals surface area contributed by atoms with E-state index in [1.807, 2.05) is 0 Å². The number of ether oxygens (including phenoxy) is 1. The van der Waals surface area contributed by atoms with Crippen LogP contribution in [0.15, 0.2) is 5.16 Å². The van der Waals surface area contributed by atoms with E-state index < -0.39 is 9.05 Å². The fourth-order valence-corrected chi connectivity index (χ4v) is 4.03. The molecule has 6 nitrogen and oxygen atoms in total. The van der Waals surface area contributed by atoms with E-state index in [2.05, 4.69) is 24.0 Å². The fourth-order valence-electron chi connectivity index (χ4n) is 3.10. The zero-order chi connectivity index (χ0) is 15.7. The van der Waals surface area contributed by atoms with Crippen molar-refractivity contribution in [2.45, 2.75) is 57.1 Å². The van der Waals surface area contributed by atoms with Gasteiger partial charge in [-0.05, 0) is 18.3 Å². The van der Waals surface area contributed by atoms with Gasteiger partial charge in [-0.2, -0.15) is 0 Å². The lowest BCUT2D eigenvalue weighted by molar-refractivity contribution is 0.168. The Hall–Kier alpha value is -0.660. The van der Waals surface area contributed by atoms with Gasteiger partial charge < -0.3 is 4.74 Å². The van der Waals surface area contributed by atoms with Crippen molar-refractivity contribution >= 4 is 19.7 Å². The average molecular weight is 336 g/mol. The molecule has 0 aliphatic heterocycles. The molecule has 2 rings (SSSR count). The number of nitrogens with zero attached hydrogens (tertiary/aromatic N) is 3. The molecule has 1 aromatic rings.